The molecule has 6 heteroatoms. The van der Waals surface area contributed by atoms with E-state index in [0.29, 0.717) is 11.5 Å². The summed E-state index contributed by atoms with van der Waals surface area (Å²) in [5.74, 6) is 2.02. The van der Waals surface area contributed by atoms with Crippen LogP contribution < -0.4 is 9.30 Å². The molecular weight excluding hydrogens is 1010 g/mol. The van der Waals surface area contributed by atoms with Gasteiger partial charge in [0, 0.05) is 55.9 Å². The third kappa shape index (κ3) is 9.27. The molecule has 9 aromatic rings. The first-order valence-electron chi connectivity index (χ1n) is 23.6. The number of ether oxygens (including phenoxy) is 1. The maximum atomic E-state index is 6.98. The predicted molar refractivity (Wildman–Crippen MR) is 276 cm³/mol. The average Bonchev–Trinajstić information content (AvgIpc) is 3.90. The second kappa shape index (κ2) is 17.8. The van der Waals surface area contributed by atoms with Gasteiger partial charge < -0.3 is 13.9 Å². The number of benzene rings is 6. The number of nitrogens with zero attached hydrogens (tertiary/aromatic N) is 4. The molecule has 68 heavy (non-hydrogen) atoms. The summed E-state index contributed by atoms with van der Waals surface area (Å²) < 4.78 is 13.5. The van der Waals surface area contributed by atoms with Crippen molar-refractivity contribution >= 4 is 21.8 Å². The Kier molecular flexibility index (Phi) is 12.7. The summed E-state index contributed by atoms with van der Waals surface area (Å²) in [6, 6.07) is 57.5. The Hall–Kier alpha value is -6.03. The van der Waals surface area contributed by atoms with Gasteiger partial charge in [0.1, 0.15) is 5.82 Å². The summed E-state index contributed by atoms with van der Waals surface area (Å²) in [6.45, 7) is 29.4. The minimum Gasteiger partial charge on any atom is -0.510 e. The SMILES string of the molecule is CC(C)(C)c1ccc(-[n+]2[c-]n(-c3[c-]c(Oc4[c-]c5c(cc4)c4cc(C(C)(C)c6ccccc6)ccc4n5-c4cc(C(C)(C)C)ccn4)cc(C(C)(C)c4ccccc4)c3)cc2C(C)(C)C)cc1.[Pt]. The minimum absolute atomic E-state index is 0. The number of pyridine rings is 1. The topological polar surface area (TPSA) is 35.9 Å². The summed E-state index contributed by atoms with van der Waals surface area (Å²) in [5.41, 5.74) is 11.5. The summed E-state index contributed by atoms with van der Waals surface area (Å²) in [5, 5.41) is 2.22. The van der Waals surface area contributed by atoms with Crippen LogP contribution in [0.5, 0.6) is 11.5 Å². The Labute approximate surface area is 419 Å². The monoisotopic (exact) mass is 1080 g/mol. The van der Waals surface area contributed by atoms with E-state index >= 15 is 0 Å². The number of hydrogen-bond donors (Lipinski definition) is 0. The van der Waals surface area contributed by atoms with Crippen molar-refractivity contribution in [2.45, 2.75) is 117 Å². The van der Waals surface area contributed by atoms with E-state index in [4.69, 9.17) is 9.72 Å². The van der Waals surface area contributed by atoms with E-state index in [1.54, 1.807) is 0 Å². The summed E-state index contributed by atoms with van der Waals surface area (Å²) in [6.07, 6.45) is 7.83. The van der Waals surface area contributed by atoms with Gasteiger partial charge in [-0.15, -0.1) is 35.2 Å². The molecule has 9 rings (SSSR count). The molecule has 0 N–H and O–H groups in total. The van der Waals surface area contributed by atoms with E-state index in [-0.39, 0.29) is 48.1 Å². The van der Waals surface area contributed by atoms with Crippen LogP contribution in [0.3, 0.4) is 0 Å². The molecule has 0 unspecified atom stereocenters. The van der Waals surface area contributed by atoms with Crippen molar-refractivity contribution in [1.82, 2.24) is 14.1 Å². The molecule has 6 aromatic carbocycles. The maximum Gasteiger partial charge on any atom is 0.267 e. The van der Waals surface area contributed by atoms with Crippen LogP contribution in [0.2, 0.25) is 0 Å². The van der Waals surface area contributed by atoms with Crippen molar-refractivity contribution in [3.63, 3.8) is 0 Å². The molecule has 5 nitrogen and oxygen atoms in total. The van der Waals surface area contributed by atoms with Crippen molar-refractivity contribution in [2.75, 3.05) is 0 Å². The van der Waals surface area contributed by atoms with Crippen LogP contribution in [0.1, 0.15) is 129 Å². The van der Waals surface area contributed by atoms with E-state index in [1.807, 2.05) is 12.3 Å². The third-order valence-corrected chi connectivity index (χ3v) is 13.7. The standard InChI is InChI=1S/C62H64N4O.Pt/c1-58(2,3)42-24-27-48(28-25-42)65-41-64(40-56(65)60(7,8)9)49-34-47(62(12,13)44-22-18-15-19-23-44)35-51(38-49)67-50-29-30-52-53-36-46(61(10,11)43-20-16-14-17-21-43)26-31-54(53)66(55(52)39-50)57-37-45(32-33-63-57)59(4,5)6;/h14-37,40H,1-13H3;/q-2;. The zero-order chi connectivity index (χ0) is 47.7. The fourth-order valence-corrected chi connectivity index (χ4v) is 9.18. The molecule has 0 bridgehead atoms. The van der Waals surface area contributed by atoms with E-state index in [1.165, 1.54) is 27.8 Å². The molecule has 3 heterocycles. The van der Waals surface area contributed by atoms with Gasteiger partial charge >= 0.3 is 0 Å². The molecule has 0 spiro atoms. The fraction of sp³-hybridized carbons (Fsp3) is 0.290. The molecule has 0 radical (unpaired) electrons. The molecule has 0 saturated carbocycles. The number of imidazole rings is 1. The van der Waals surface area contributed by atoms with E-state index < -0.39 is 0 Å². The molecule has 0 aliphatic heterocycles. The Morgan fingerprint density at radius 3 is 1.71 bits per heavy atom. The van der Waals surface area contributed by atoms with Crippen LogP contribution >= 0.6 is 0 Å². The maximum absolute atomic E-state index is 6.98. The normalized spacial score (nSPS) is 12.7. The number of fused-ring (bicyclic) bond motifs is 3. The fourth-order valence-electron chi connectivity index (χ4n) is 9.18. The molecule has 0 saturated heterocycles. The van der Waals surface area contributed by atoms with Crippen molar-refractivity contribution < 1.29 is 30.4 Å². The zero-order valence-electron chi connectivity index (χ0n) is 41.9. The second-order valence-electron chi connectivity index (χ2n) is 22.4. The smallest absolute Gasteiger partial charge is 0.267 e. The van der Waals surface area contributed by atoms with Crippen LogP contribution in [0.15, 0.2) is 152 Å². The van der Waals surface area contributed by atoms with E-state index in [0.717, 1.165) is 50.3 Å². The van der Waals surface area contributed by atoms with Gasteiger partial charge in [-0.1, -0.05) is 180 Å². The molecule has 0 aliphatic carbocycles. The predicted octanol–water partition coefficient (Wildman–Crippen LogP) is 15.0. The number of aromatic nitrogens is 4. The molecule has 0 fully saturated rings. The van der Waals surface area contributed by atoms with E-state index in [2.05, 4.69) is 262 Å². The van der Waals surface area contributed by atoms with Crippen LogP contribution in [0.4, 0.5) is 0 Å². The average molecular weight is 1080 g/mol. The van der Waals surface area contributed by atoms with Gasteiger partial charge in [-0.3, -0.25) is 4.57 Å². The Balaban J connectivity index is 0.00000625. The first-order valence-corrected chi connectivity index (χ1v) is 23.6. The van der Waals surface area contributed by atoms with Gasteiger partial charge in [0.05, 0.1) is 11.4 Å². The third-order valence-electron chi connectivity index (χ3n) is 13.7. The Morgan fingerprint density at radius 1 is 0.500 bits per heavy atom. The van der Waals surface area contributed by atoms with Gasteiger partial charge in [-0.25, -0.2) is 4.98 Å². The van der Waals surface area contributed by atoms with Crippen molar-refractivity contribution in [3.05, 3.63) is 209 Å². The molecule has 350 valence electrons. The summed E-state index contributed by atoms with van der Waals surface area (Å²) >= 11 is 0. The van der Waals surface area contributed by atoms with Gasteiger partial charge in [0.25, 0.3) is 6.33 Å². The largest absolute Gasteiger partial charge is 0.510 e. The van der Waals surface area contributed by atoms with Crippen LogP contribution in [0.25, 0.3) is 39.0 Å². The van der Waals surface area contributed by atoms with Crippen LogP contribution in [-0.2, 0) is 48.1 Å². The van der Waals surface area contributed by atoms with Gasteiger partial charge in [0.15, 0.2) is 0 Å². The summed E-state index contributed by atoms with van der Waals surface area (Å²) in [4.78, 5) is 4.99. The zero-order valence-corrected chi connectivity index (χ0v) is 44.2. The van der Waals surface area contributed by atoms with Crippen LogP contribution in [-0.4, -0.2) is 14.1 Å². The van der Waals surface area contributed by atoms with E-state index in [9.17, 15) is 0 Å². The molecule has 0 atom stereocenters. The summed E-state index contributed by atoms with van der Waals surface area (Å²) in [7, 11) is 0. The van der Waals surface area contributed by atoms with Crippen LogP contribution in [0, 0.1) is 18.5 Å². The Bertz CT molecular complexity index is 3240. The van der Waals surface area contributed by atoms with Gasteiger partial charge in [-0.05, 0) is 90.9 Å². The number of rotatable bonds is 9. The van der Waals surface area contributed by atoms with Crippen molar-refractivity contribution in [3.8, 4) is 28.7 Å². The minimum atomic E-state index is -0.364. The Morgan fingerprint density at radius 2 is 1.10 bits per heavy atom. The van der Waals surface area contributed by atoms with Crippen molar-refractivity contribution in [1.29, 1.82) is 0 Å². The molecule has 0 amide bonds. The number of hydrogen-bond acceptors (Lipinski definition) is 2. The first-order chi connectivity index (χ1) is 31.6. The molecule has 3 aromatic heterocycles. The molecule has 0 aliphatic rings. The van der Waals surface area contributed by atoms with Crippen molar-refractivity contribution in [2.24, 2.45) is 0 Å². The van der Waals surface area contributed by atoms with Gasteiger partial charge in [0.2, 0.25) is 0 Å². The molecular formula is C62H64N4OPt-2. The first kappa shape index (κ1) is 48.4. The van der Waals surface area contributed by atoms with Gasteiger partial charge in [-0.2, -0.15) is 12.1 Å². The quantitative estimate of drug-likeness (QED) is 0.107. The second-order valence-corrected chi connectivity index (χ2v) is 22.4.